The second-order valence-corrected chi connectivity index (χ2v) is 7.27. The first-order valence-corrected chi connectivity index (χ1v) is 9.59. The first-order valence-electron chi connectivity index (χ1n) is 9.59. The lowest BCUT2D eigenvalue weighted by molar-refractivity contribution is 0.0978. The Morgan fingerprint density at radius 1 is 1.18 bits per heavy atom. The van der Waals surface area contributed by atoms with Crippen LogP contribution in [0, 0.1) is 6.92 Å². The van der Waals surface area contributed by atoms with Gasteiger partial charge in [0.25, 0.3) is 5.91 Å². The van der Waals surface area contributed by atoms with Crippen molar-refractivity contribution in [3.05, 3.63) is 47.8 Å². The van der Waals surface area contributed by atoms with Crippen LogP contribution in [0.1, 0.15) is 42.4 Å². The third-order valence-electron chi connectivity index (χ3n) is 5.11. The van der Waals surface area contributed by atoms with Gasteiger partial charge >= 0.3 is 0 Å². The van der Waals surface area contributed by atoms with Crippen molar-refractivity contribution in [1.29, 1.82) is 0 Å². The van der Waals surface area contributed by atoms with Gasteiger partial charge in [-0.05, 0) is 45.4 Å². The molecule has 0 saturated heterocycles. The van der Waals surface area contributed by atoms with Gasteiger partial charge in [0.15, 0.2) is 0 Å². The highest BCUT2D eigenvalue weighted by molar-refractivity contribution is 6.09. The summed E-state index contributed by atoms with van der Waals surface area (Å²) in [5, 5.41) is 9.20. The third-order valence-corrected chi connectivity index (χ3v) is 5.11. The molecule has 1 aromatic carbocycles. The number of carbonyl (C=O) groups excluding carboxylic acids is 1. The zero-order chi connectivity index (χ0) is 19.8. The predicted octanol–water partition coefficient (Wildman–Crippen LogP) is 3.70. The average Bonchev–Trinajstić information content (AvgIpc) is 3.30. The summed E-state index contributed by atoms with van der Waals surface area (Å²) < 4.78 is 9.34. The first-order chi connectivity index (χ1) is 13.5. The van der Waals surface area contributed by atoms with Gasteiger partial charge < -0.3 is 4.74 Å². The van der Waals surface area contributed by atoms with Gasteiger partial charge in [0.05, 0.1) is 29.6 Å². The molecule has 3 aromatic rings. The molecule has 0 atom stereocenters. The van der Waals surface area contributed by atoms with Crippen molar-refractivity contribution in [1.82, 2.24) is 19.6 Å². The molecule has 4 rings (SSSR count). The molecule has 28 heavy (non-hydrogen) atoms. The summed E-state index contributed by atoms with van der Waals surface area (Å²) in [6.45, 7) is 7.62. The molecule has 1 aliphatic rings. The van der Waals surface area contributed by atoms with Crippen LogP contribution in [0.2, 0.25) is 0 Å². The van der Waals surface area contributed by atoms with Crippen molar-refractivity contribution in [2.24, 2.45) is 0 Å². The first kappa shape index (κ1) is 18.3. The fourth-order valence-electron chi connectivity index (χ4n) is 3.87. The SMILES string of the molecule is COc1ccccc1C(=O)N1CCCn2nc(C)c(-c3ccnn3C(C)C)c21. The molecule has 0 unspecified atom stereocenters. The zero-order valence-corrected chi connectivity index (χ0v) is 16.7. The van der Waals surface area contributed by atoms with Gasteiger partial charge in [-0.15, -0.1) is 0 Å². The highest BCUT2D eigenvalue weighted by Crippen LogP contribution is 2.38. The maximum atomic E-state index is 13.5. The minimum atomic E-state index is -0.0739. The van der Waals surface area contributed by atoms with Gasteiger partial charge in [-0.2, -0.15) is 10.2 Å². The molecule has 0 saturated carbocycles. The highest BCUT2D eigenvalue weighted by Gasteiger charge is 2.32. The van der Waals surface area contributed by atoms with E-state index in [-0.39, 0.29) is 11.9 Å². The number of benzene rings is 1. The van der Waals surface area contributed by atoms with Crippen LogP contribution >= 0.6 is 0 Å². The van der Waals surface area contributed by atoms with E-state index in [1.807, 2.05) is 45.5 Å². The number of fused-ring (bicyclic) bond motifs is 1. The monoisotopic (exact) mass is 379 g/mol. The standard InChI is InChI=1S/C21H25N5O2/c1-14(2)26-17(10-11-22-26)19-15(3)23-25-13-7-12-24(20(19)25)21(27)16-8-5-6-9-18(16)28-4/h5-6,8-11,14H,7,12-13H2,1-4H3. The number of methoxy groups -OCH3 is 1. The van der Waals surface area contributed by atoms with E-state index in [0.29, 0.717) is 17.9 Å². The minimum absolute atomic E-state index is 0.0739. The molecule has 0 radical (unpaired) electrons. The number of aryl methyl sites for hydroxylation is 2. The quantitative estimate of drug-likeness (QED) is 0.693. The summed E-state index contributed by atoms with van der Waals surface area (Å²) >= 11 is 0. The lowest BCUT2D eigenvalue weighted by Gasteiger charge is -2.29. The molecule has 0 aliphatic carbocycles. The van der Waals surface area contributed by atoms with E-state index >= 15 is 0 Å². The molecule has 0 bridgehead atoms. The Hall–Kier alpha value is -3.09. The predicted molar refractivity (Wildman–Crippen MR) is 108 cm³/mol. The molecular weight excluding hydrogens is 354 g/mol. The third kappa shape index (κ3) is 2.87. The lowest BCUT2D eigenvalue weighted by Crippen LogP contribution is -2.38. The maximum Gasteiger partial charge on any atom is 0.263 e. The van der Waals surface area contributed by atoms with E-state index in [0.717, 1.165) is 35.7 Å². The number of amides is 1. The number of hydrogen-bond donors (Lipinski definition) is 0. The fraction of sp³-hybridized carbons (Fsp3) is 0.381. The Bertz CT molecular complexity index is 1020. The van der Waals surface area contributed by atoms with Gasteiger partial charge in [-0.1, -0.05) is 12.1 Å². The van der Waals surface area contributed by atoms with E-state index < -0.39 is 0 Å². The van der Waals surface area contributed by atoms with Crippen molar-refractivity contribution >= 4 is 11.7 Å². The number of rotatable bonds is 4. The van der Waals surface area contributed by atoms with Gasteiger partial charge in [-0.25, -0.2) is 4.68 Å². The number of anilines is 1. The molecule has 1 amide bonds. The van der Waals surface area contributed by atoms with Gasteiger partial charge in [0, 0.05) is 25.3 Å². The summed E-state index contributed by atoms with van der Waals surface area (Å²) in [4.78, 5) is 15.3. The van der Waals surface area contributed by atoms with Gasteiger partial charge in [0.2, 0.25) is 0 Å². The molecular formula is C21H25N5O2. The molecule has 146 valence electrons. The van der Waals surface area contributed by atoms with Crippen LogP contribution in [-0.2, 0) is 6.54 Å². The molecule has 7 heteroatoms. The van der Waals surface area contributed by atoms with Crippen LogP contribution in [0.15, 0.2) is 36.5 Å². The highest BCUT2D eigenvalue weighted by atomic mass is 16.5. The molecule has 7 nitrogen and oxygen atoms in total. The molecule has 0 spiro atoms. The van der Waals surface area contributed by atoms with Crippen LogP contribution in [0.5, 0.6) is 5.75 Å². The topological polar surface area (TPSA) is 65.2 Å². The molecule has 2 aromatic heterocycles. The Morgan fingerprint density at radius 3 is 2.71 bits per heavy atom. The van der Waals surface area contributed by atoms with E-state index in [1.165, 1.54) is 0 Å². The van der Waals surface area contributed by atoms with E-state index in [1.54, 1.807) is 19.4 Å². The summed E-state index contributed by atoms with van der Waals surface area (Å²) in [6, 6.07) is 9.55. The summed E-state index contributed by atoms with van der Waals surface area (Å²) in [6.07, 6.45) is 2.66. The second-order valence-electron chi connectivity index (χ2n) is 7.27. The average molecular weight is 379 g/mol. The van der Waals surface area contributed by atoms with Gasteiger partial charge in [-0.3, -0.25) is 14.4 Å². The van der Waals surface area contributed by atoms with Crippen molar-refractivity contribution in [2.75, 3.05) is 18.6 Å². The minimum Gasteiger partial charge on any atom is -0.496 e. The fourth-order valence-corrected chi connectivity index (χ4v) is 3.87. The summed E-state index contributed by atoms with van der Waals surface area (Å²) in [7, 11) is 1.59. The van der Waals surface area contributed by atoms with Crippen LogP contribution in [0.25, 0.3) is 11.3 Å². The van der Waals surface area contributed by atoms with Crippen LogP contribution in [0.3, 0.4) is 0 Å². The van der Waals surface area contributed by atoms with Crippen LogP contribution in [-0.4, -0.2) is 39.1 Å². The lowest BCUT2D eigenvalue weighted by atomic mass is 10.1. The Balaban J connectivity index is 1.86. The van der Waals surface area contributed by atoms with Crippen molar-refractivity contribution in [2.45, 2.75) is 39.8 Å². The van der Waals surface area contributed by atoms with E-state index in [2.05, 4.69) is 18.9 Å². The zero-order valence-electron chi connectivity index (χ0n) is 16.7. The number of aromatic nitrogens is 4. The molecule has 3 heterocycles. The number of para-hydroxylation sites is 1. The van der Waals surface area contributed by atoms with E-state index in [9.17, 15) is 4.79 Å². The smallest absolute Gasteiger partial charge is 0.263 e. The maximum absolute atomic E-state index is 13.5. The Kier molecular flexibility index (Phi) is 4.66. The van der Waals surface area contributed by atoms with Crippen LogP contribution in [0.4, 0.5) is 5.82 Å². The second kappa shape index (κ2) is 7.14. The largest absolute Gasteiger partial charge is 0.496 e. The summed E-state index contributed by atoms with van der Waals surface area (Å²) in [5.41, 5.74) is 3.40. The van der Waals surface area contributed by atoms with Crippen molar-refractivity contribution < 1.29 is 9.53 Å². The number of hydrogen-bond acceptors (Lipinski definition) is 4. The number of carbonyl (C=O) groups is 1. The Morgan fingerprint density at radius 2 is 1.96 bits per heavy atom. The molecule has 0 fully saturated rings. The Labute approximate surface area is 164 Å². The normalized spacial score (nSPS) is 13.7. The van der Waals surface area contributed by atoms with Crippen molar-refractivity contribution in [3.8, 4) is 17.0 Å². The van der Waals surface area contributed by atoms with Gasteiger partial charge in [0.1, 0.15) is 11.6 Å². The summed E-state index contributed by atoms with van der Waals surface area (Å²) in [5.74, 6) is 1.34. The number of ether oxygens (including phenoxy) is 1. The molecule has 0 N–H and O–H groups in total. The van der Waals surface area contributed by atoms with Crippen LogP contribution < -0.4 is 9.64 Å². The van der Waals surface area contributed by atoms with Crippen molar-refractivity contribution in [3.63, 3.8) is 0 Å². The number of nitrogens with zero attached hydrogens (tertiary/aromatic N) is 5. The molecule has 1 aliphatic heterocycles. The van der Waals surface area contributed by atoms with E-state index in [4.69, 9.17) is 9.84 Å².